The van der Waals surface area contributed by atoms with Crippen LogP contribution in [0.25, 0.3) is 0 Å². The minimum absolute atomic E-state index is 0.108. The van der Waals surface area contributed by atoms with E-state index in [4.69, 9.17) is 15.0 Å². The highest BCUT2D eigenvalue weighted by molar-refractivity contribution is 9.10. The van der Waals surface area contributed by atoms with Crippen LogP contribution in [0.5, 0.6) is 0 Å². The first kappa shape index (κ1) is 13.3. The summed E-state index contributed by atoms with van der Waals surface area (Å²) < 4.78 is 37.0. The van der Waals surface area contributed by atoms with Gasteiger partial charge in [-0.05, 0) is 18.2 Å². The summed E-state index contributed by atoms with van der Waals surface area (Å²) in [7, 11) is -5.59. The molecule has 1 aromatic carbocycles. The van der Waals surface area contributed by atoms with Gasteiger partial charge in [0.15, 0.2) is 0 Å². The third-order valence-electron chi connectivity index (χ3n) is 1.79. The molecule has 0 saturated carbocycles. The summed E-state index contributed by atoms with van der Waals surface area (Å²) in [5.41, 5.74) is -5.02. The van der Waals surface area contributed by atoms with Crippen molar-refractivity contribution in [1.82, 2.24) is 0 Å². The van der Waals surface area contributed by atoms with Gasteiger partial charge in [-0.1, -0.05) is 15.9 Å². The zero-order valence-electron chi connectivity index (χ0n) is 7.56. The summed E-state index contributed by atoms with van der Waals surface area (Å²) in [5, 5.41) is 8.50. The quantitative estimate of drug-likeness (QED) is 0.822. The molecule has 1 rings (SSSR count). The van der Waals surface area contributed by atoms with Crippen molar-refractivity contribution in [2.24, 2.45) is 0 Å². The van der Waals surface area contributed by atoms with E-state index in [2.05, 4.69) is 15.9 Å². The summed E-state index contributed by atoms with van der Waals surface area (Å²) in [6.07, 6.45) is 0. The first-order valence-electron chi connectivity index (χ1n) is 3.83. The van der Waals surface area contributed by atoms with Gasteiger partial charge in [-0.3, -0.25) is 4.57 Å². The Morgan fingerprint density at radius 1 is 1.44 bits per heavy atom. The van der Waals surface area contributed by atoms with Gasteiger partial charge in [0.2, 0.25) is 0 Å². The molecule has 0 heterocycles. The molecule has 8 heteroatoms. The van der Waals surface area contributed by atoms with E-state index in [9.17, 15) is 13.3 Å². The van der Waals surface area contributed by atoms with Crippen LogP contribution in [-0.2, 0) is 10.2 Å². The predicted octanol–water partition coefficient (Wildman–Crippen LogP) is 2.55. The highest BCUT2D eigenvalue weighted by atomic mass is 79.9. The van der Waals surface area contributed by atoms with Crippen molar-refractivity contribution in [2.75, 3.05) is 0 Å². The summed E-state index contributed by atoms with van der Waals surface area (Å²) in [5.74, 6) is 0. The molecule has 0 spiro atoms. The molecule has 0 unspecified atom stereocenters. The first-order chi connectivity index (χ1) is 7.20. The number of alkyl halides is 2. The maximum absolute atomic E-state index is 13.3. The fourth-order valence-corrected chi connectivity index (χ4v) is 2.28. The fraction of sp³-hybridized carbons (Fsp3) is 0.125. The van der Waals surface area contributed by atoms with Crippen LogP contribution in [0.1, 0.15) is 11.1 Å². The van der Waals surface area contributed by atoms with Crippen molar-refractivity contribution in [3.05, 3.63) is 33.8 Å². The normalized spacial score (nSPS) is 12.2. The number of nitriles is 1. The Kier molecular flexibility index (Phi) is 3.50. The fourth-order valence-electron chi connectivity index (χ4n) is 0.985. The second-order valence-electron chi connectivity index (χ2n) is 2.89. The molecule has 0 aliphatic rings. The van der Waals surface area contributed by atoms with Gasteiger partial charge in [-0.15, -0.1) is 0 Å². The molecule has 0 radical (unpaired) electrons. The summed E-state index contributed by atoms with van der Waals surface area (Å²) in [4.78, 5) is 17.1. The van der Waals surface area contributed by atoms with Crippen LogP contribution in [0, 0.1) is 11.3 Å². The van der Waals surface area contributed by atoms with E-state index < -0.39 is 18.8 Å². The molecule has 0 fully saturated rings. The molecule has 16 heavy (non-hydrogen) atoms. The monoisotopic (exact) mass is 311 g/mol. The lowest BCUT2D eigenvalue weighted by Gasteiger charge is -2.19. The lowest BCUT2D eigenvalue weighted by molar-refractivity contribution is 0.0557. The molecule has 0 amide bonds. The van der Waals surface area contributed by atoms with Crippen LogP contribution in [0.3, 0.4) is 0 Å². The lowest BCUT2D eigenvalue weighted by Crippen LogP contribution is -2.14. The number of nitrogens with zero attached hydrogens (tertiary/aromatic N) is 1. The molecule has 0 aliphatic carbocycles. The molecule has 2 N–H and O–H groups in total. The third-order valence-corrected chi connectivity index (χ3v) is 3.42. The average molecular weight is 312 g/mol. The highest BCUT2D eigenvalue weighted by Gasteiger charge is 2.51. The topological polar surface area (TPSA) is 81.3 Å². The van der Waals surface area contributed by atoms with E-state index in [1.165, 1.54) is 0 Å². The summed E-state index contributed by atoms with van der Waals surface area (Å²) in [6, 6.07) is 4.65. The Morgan fingerprint density at radius 3 is 2.38 bits per heavy atom. The van der Waals surface area contributed by atoms with Crippen molar-refractivity contribution in [1.29, 1.82) is 5.26 Å². The highest BCUT2D eigenvalue weighted by Crippen LogP contribution is 2.60. The lowest BCUT2D eigenvalue weighted by atomic mass is 10.1. The van der Waals surface area contributed by atoms with Gasteiger partial charge in [0.1, 0.15) is 0 Å². The maximum atomic E-state index is 13.3. The van der Waals surface area contributed by atoms with Gasteiger partial charge in [-0.25, -0.2) is 0 Å². The van der Waals surface area contributed by atoms with Crippen LogP contribution in [0.2, 0.25) is 0 Å². The Balaban J connectivity index is 3.37. The van der Waals surface area contributed by atoms with Crippen LogP contribution in [0.4, 0.5) is 8.78 Å². The molecule has 0 saturated heterocycles. The number of hydrogen-bond donors (Lipinski definition) is 2. The molecule has 0 bridgehead atoms. The smallest absolute Gasteiger partial charge is 0.320 e. The largest absolute Gasteiger partial charge is 0.399 e. The van der Waals surface area contributed by atoms with Crippen LogP contribution < -0.4 is 0 Å². The standard InChI is InChI=1S/C8H5BrF2NO3P/c9-7-3-5(4-12)1-2-6(7)8(10,11)16(13,14)15/h1-3H,(H2,13,14,15). The molecular weight excluding hydrogens is 307 g/mol. The van der Waals surface area contributed by atoms with E-state index in [0.717, 1.165) is 18.2 Å². The van der Waals surface area contributed by atoms with E-state index >= 15 is 0 Å². The summed E-state index contributed by atoms with van der Waals surface area (Å²) in [6.45, 7) is 0. The molecular formula is C8H5BrF2NO3P. The summed E-state index contributed by atoms with van der Waals surface area (Å²) >= 11 is 2.74. The Hall–Kier alpha value is -0.800. The van der Waals surface area contributed by atoms with Crippen molar-refractivity contribution in [3.8, 4) is 6.07 Å². The zero-order valence-corrected chi connectivity index (χ0v) is 10.0. The Bertz CT molecular complexity index is 508. The van der Waals surface area contributed by atoms with E-state index in [0.29, 0.717) is 0 Å². The van der Waals surface area contributed by atoms with Gasteiger partial charge >= 0.3 is 13.3 Å². The van der Waals surface area contributed by atoms with Crippen molar-refractivity contribution < 1.29 is 23.1 Å². The SMILES string of the molecule is N#Cc1ccc(C(F)(F)P(=O)(O)O)c(Br)c1. The molecule has 0 aromatic heterocycles. The number of hydrogen-bond acceptors (Lipinski definition) is 2. The molecule has 4 nitrogen and oxygen atoms in total. The van der Waals surface area contributed by atoms with Crippen LogP contribution in [-0.4, -0.2) is 9.79 Å². The molecule has 1 aromatic rings. The predicted molar refractivity (Wildman–Crippen MR) is 54.8 cm³/mol. The molecule has 0 aliphatic heterocycles. The van der Waals surface area contributed by atoms with Crippen molar-refractivity contribution >= 4 is 23.5 Å². The van der Waals surface area contributed by atoms with Gasteiger partial charge in [-0.2, -0.15) is 14.0 Å². The van der Waals surface area contributed by atoms with E-state index in [1.54, 1.807) is 6.07 Å². The number of benzene rings is 1. The second kappa shape index (κ2) is 4.22. The second-order valence-corrected chi connectivity index (χ2v) is 5.40. The minimum Gasteiger partial charge on any atom is -0.320 e. The third kappa shape index (κ3) is 2.30. The minimum atomic E-state index is -5.59. The van der Waals surface area contributed by atoms with E-state index in [1.807, 2.05) is 0 Å². The zero-order chi connectivity index (χ0) is 12.6. The van der Waals surface area contributed by atoms with Crippen LogP contribution in [0.15, 0.2) is 22.7 Å². The maximum Gasteiger partial charge on any atom is 0.399 e. The van der Waals surface area contributed by atoms with Gasteiger partial charge in [0.05, 0.1) is 11.6 Å². The van der Waals surface area contributed by atoms with Crippen LogP contribution >= 0.6 is 23.5 Å². The van der Waals surface area contributed by atoms with E-state index in [-0.39, 0.29) is 10.0 Å². The van der Waals surface area contributed by atoms with Gasteiger partial charge < -0.3 is 9.79 Å². The average Bonchev–Trinajstić information content (AvgIpc) is 2.15. The Labute approximate surface area is 97.8 Å². The van der Waals surface area contributed by atoms with Gasteiger partial charge in [0.25, 0.3) is 0 Å². The van der Waals surface area contributed by atoms with Gasteiger partial charge in [0, 0.05) is 10.0 Å². The first-order valence-corrected chi connectivity index (χ1v) is 6.24. The molecule has 0 atom stereocenters. The van der Waals surface area contributed by atoms with Crippen molar-refractivity contribution in [3.63, 3.8) is 0 Å². The number of rotatable bonds is 2. The van der Waals surface area contributed by atoms with Crippen molar-refractivity contribution in [2.45, 2.75) is 5.66 Å². The number of halogens is 3. The Morgan fingerprint density at radius 2 is 2.00 bits per heavy atom. The molecule has 86 valence electrons.